The first-order chi connectivity index (χ1) is 6.74. The van der Waals surface area contributed by atoms with Gasteiger partial charge in [0.25, 0.3) is 0 Å². The Kier molecular flexibility index (Phi) is 4.16. The quantitative estimate of drug-likeness (QED) is 0.676. The monoisotopic (exact) mass is 197 g/mol. The molecule has 0 unspecified atom stereocenters. The molecule has 0 amide bonds. The van der Waals surface area contributed by atoms with Crippen molar-refractivity contribution in [3.63, 3.8) is 0 Å². The lowest BCUT2D eigenvalue weighted by Crippen LogP contribution is -2.29. The third kappa shape index (κ3) is 3.20. The molecule has 1 aliphatic carbocycles. The second-order valence-electron chi connectivity index (χ2n) is 3.09. The van der Waals surface area contributed by atoms with Gasteiger partial charge in [-0.25, -0.2) is 0 Å². The first-order valence-electron chi connectivity index (χ1n) is 4.87. The van der Waals surface area contributed by atoms with Crippen LogP contribution in [0.4, 0.5) is 0 Å². The van der Waals surface area contributed by atoms with Crippen molar-refractivity contribution >= 4 is 11.8 Å². The fourth-order valence-corrected chi connectivity index (χ4v) is 1.31. The number of hydrogen-bond donors (Lipinski definition) is 1. The Morgan fingerprint density at radius 1 is 1.64 bits per heavy atom. The lowest BCUT2D eigenvalue weighted by Gasteiger charge is -2.12. The molecule has 0 saturated heterocycles. The summed E-state index contributed by atoms with van der Waals surface area (Å²) < 4.78 is 4.73. The van der Waals surface area contributed by atoms with Crippen LogP contribution in [0.25, 0.3) is 0 Å². The smallest absolute Gasteiger partial charge is 0.325 e. The summed E-state index contributed by atoms with van der Waals surface area (Å²) in [7, 11) is 0. The van der Waals surface area contributed by atoms with Gasteiger partial charge in [0.15, 0.2) is 5.78 Å². The minimum atomic E-state index is -0.327. The van der Waals surface area contributed by atoms with Crippen molar-refractivity contribution in [3.05, 3.63) is 11.8 Å². The lowest BCUT2D eigenvalue weighted by molar-refractivity contribution is -0.141. The molecule has 4 heteroatoms. The Bertz CT molecular complexity index is 258. The molecule has 1 rings (SSSR count). The molecule has 1 N–H and O–H groups in total. The maximum atomic E-state index is 11.3. The molecule has 0 aromatic carbocycles. The van der Waals surface area contributed by atoms with Crippen LogP contribution in [0.5, 0.6) is 0 Å². The van der Waals surface area contributed by atoms with Crippen molar-refractivity contribution in [3.8, 4) is 0 Å². The number of Topliss-reactive ketones (excluding diaryl/α,β-unsaturated/α-hetero) is 1. The van der Waals surface area contributed by atoms with Crippen LogP contribution in [0.15, 0.2) is 11.8 Å². The Labute approximate surface area is 83.3 Å². The number of carbonyl (C=O) groups is 2. The van der Waals surface area contributed by atoms with Gasteiger partial charge in [0.2, 0.25) is 0 Å². The summed E-state index contributed by atoms with van der Waals surface area (Å²) in [4.78, 5) is 22.3. The summed E-state index contributed by atoms with van der Waals surface area (Å²) in [6.07, 6.45) is 4.22. The molecule has 78 valence electrons. The average Bonchev–Trinajstić information content (AvgIpc) is 2.17. The van der Waals surface area contributed by atoms with Gasteiger partial charge in [-0.05, 0) is 19.8 Å². The molecule has 0 saturated carbocycles. The van der Waals surface area contributed by atoms with E-state index in [2.05, 4.69) is 5.32 Å². The summed E-state index contributed by atoms with van der Waals surface area (Å²) >= 11 is 0. The highest BCUT2D eigenvalue weighted by atomic mass is 16.5. The van der Waals surface area contributed by atoms with Gasteiger partial charge in [0.1, 0.15) is 6.54 Å². The van der Waals surface area contributed by atoms with Gasteiger partial charge in [0, 0.05) is 6.42 Å². The number of ether oxygens (including phenoxy) is 1. The van der Waals surface area contributed by atoms with Gasteiger partial charge in [-0.3, -0.25) is 9.59 Å². The molecule has 14 heavy (non-hydrogen) atoms. The summed E-state index contributed by atoms with van der Waals surface area (Å²) in [5.41, 5.74) is 0.560. The van der Waals surface area contributed by atoms with Crippen molar-refractivity contribution < 1.29 is 14.3 Å². The van der Waals surface area contributed by atoms with Crippen molar-refractivity contribution in [2.24, 2.45) is 0 Å². The van der Waals surface area contributed by atoms with E-state index in [1.54, 1.807) is 6.92 Å². The highest BCUT2D eigenvalue weighted by Gasteiger charge is 2.13. The third-order valence-electron chi connectivity index (χ3n) is 1.99. The van der Waals surface area contributed by atoms with E-state index in [4.69, 9.17) is 4.74 Å². The Morgan fingerprint density at radius 2 is 2.43 bits per heavy atom. The van der Waals surface area contributed by atoms with Gasteiger partial charge in [-0.15, -0.1) is 0 Å². The van der Waals surface area contributed by atoms with Crippen molar-refractivity contribution in [1.29, 1.82) is 0 Å². The Hall–Kier alpha value is -1.32. The van der Waals surface area contributed by atoms with Crippen LogP contribution in [0, 0.1) is 0 Å². The second kappa shape index (κ2) is 5.42. The zero-order valence-corrected chi connectivity index (χ0v) is 8.34. The van der Waals surface area contributed by atoms with Crippen LogP contribution in [-0.2, 0) is 14.3 Å². The zero-order chi connectivity index (χ0) is 10.4. The van der Waals surface area contributed by atoms with Crippen molar-refractivity contribution in [2.45, 2.75) is 26.2 Å². The molecule has 0 aromatic rings. The Balaban J connectivity index is 2.33. The summed E-state index contributed by atoms with van der Waals surface area (Å²) in [5, 5.41) is 2.79. The Morgan fingerprint density at radius 3 is 3.07 bits per heavy atom. The second-order valence-corrected chi connectivity index (χ2v) is 3.09. The SMILES string of the molecule is CCOC(=O)CNC1=CCCCC1=O. The maximum absolute atomic E-state index is 11.3. The molecule has 0 atom stereocenters. The summed E-state index contributed by atoms with van der Waals surface area (Å²) in [5.74, 6) is -0.243. The first kappa shape index (κ1) is 10.8. The van der Waals surface area contributed by atoms with E-state index >= 15 is 0 Å². The highest BCUT2D eigenvalue weighted by molar-refractivity contribution is 5.95. The molecule has 0 aliphatic heterocycles. The predicted molar refractivity (Wildman–Crippen MR) is 51.6 cm³/mol. The van der Waals surface area contributed by atoms with Crippen LogP contribution in [0.3, 0.4) is 0 Å². The van der Waals surface area contributed by atoms with Crippen LogP contribution >= 0.6 is 0 Å². The standard InChI is InChI=1S/C10H15NO3/c1-2-14-10(13)7-11-8-5-3-4-6-9(8)12/h5,11H,2-4,6-7H2,1H3. The first-order valence-corrected chi connectivity index (χ1v) is 4.87. The predicted octanol–water partition coefficient (Wildman–Crippen LogP) is 0.776. The van der Waals surface area contributed by atoms with Gasteiger partial charge in [0.05, 0.1) is 12.3 Å². The largest absolute Gasteiger partial charge is 0.465 e. The van der Waals surface area contributed by atoms with E-state index in [0.717, 1.165) is 12.8 Å². The number of allylic oxidation sites excluding steroid dienone is 2. The third-order valence-corrected chi connectivity index (χ3v) is 1.99. The van der Waals surface area contributed by atoms with Gasteiger partial charge in [-0.2, -0.15) is 0 Å². The number of carbonyl (C=O) groups excluding carboxylic acids is 2. The summed E-state index contributed by atoms with van der Waals surface area (Å²) in [6.45, 7) is 2.20. The topological polar surface area (TPSA) is 55.4 Å². The molecule has 0 spiro atoms. The van der Waals surface area contributed by atoms with E-state index < -0.39 is 0 Å². The number of rotatable bonds is 4. The van der Waals surface area contributed by atoms with E-state index in [1.165, 1.54) is 0 Å². The molecule has 4 nitrogen and oxygen atoms in total. The lowest BCUT2D eigenvalue weighted by atomic mass is 10.0. The van der Waals surface area contributed by atoms with Crippen LogP contribution < -0.4 is 5.32 Å². The minimum absolute atomic E-state index is 0.0748. The fraction of sp³-hybridized carbons (Fsp3) is 0.600. The normalized spacial score (nSPS) is 16.1. The molecule has 0 heterocycles. The van der Waals surface area contributed by atoms with E-state index in [1.807, 2.05) is 6.08 Å². The molecule has 0 radical (unpaired) electrons. The van der Waals surface area contributed by atoms with E-state index in [9.17, 15) is 9.59 Å². The van der Waals surface area contributed by atoms with Crippen molar-refractivity contribution in [1.82, 2.24) is 5.32 Å². The van der Waals surface area contributed by atoms with E-state index in [0.29, 0.717) is 18.7 Å². The molecule has 1 aliphatic rings. The minimum Gasteiger partial charge on any atom is -0.465 e. The molecule has 0 aromatic heterocycles. The highest BCUT2D eigenvalue weighted by Crippen LogP contribution is 2.11. The number of nitrogens with one attached hydrogen (secondary N) is 1. The zero-order valence-electron chi connectivity index (χ0n) is 8.34. The summed E-state index contributed by atoms with van der Waals surface area (Å²) in [6, 6.07) is 0. The number of ketones is 1. The molecule has 0 fully saturated rings. The van der Waals surface area contributed by atoms with Gasteiger partial charge in [-0.1, -0.05) is 6.08 Å². The fourth-order valence-electron chi connectivity index (χ4n) is 1.31. The van der Waals surface area contributed by atoms with Crippen LogP contribution in [0.1, 0.15) is 26.2 Å². The average molecular weight is 197 g/mol. The number of esters is 1. The number of hydrogen-bond acceptors (Lipinski definition) is 4. The maximum Gasteiger partial charge on any atom is 0.325 e. The van der Waals surface area contributed by atoms with Crippen LogP contribution in [-0.4, -0.2) is 24.9 Å². The van der Waals surface area contributed by atoms with Crippen molar-refractivity contribution in [2.75, 3.05) is 13.2 Å². The van der Waals surface area contributed by atoms with E-state index in [-0.39, 0.29) is 18.3 Å². The van der Waals surface area contributed by atoms with Gasteiger partial charge >= 0.3 is 5.97 Å². The van der Waals surface area contributed by atoms with Gasteiger partial charge < -0.3 is 10.1 Å². The molecule has 0 bridgehead atoms. The molecular formula is C10H15NO3. The molecular weight excluding hydrogens is 182 g/mol. The van der Waals surface area contributed by atoms with Crippen LogP contribution in [0.2, 0.25) is 0 Å².